The van der Waals surface area contributed by atoms with Crippen LogP contribution in [0.1, 0.15) is 36.0 Å². The molecule has 2 unspecified atom stereocenters. The molecule has 2 saturated heterocycles. The summed E-state index contributed by atoms with van der Waals surface area (Å²) >= 11 is 0. The van der Waals surface area contributed by atoms with Crippen LogP contribution in [-0.2, 0) is 0 Å². The molecule has 20 heavy (non-hydrogen) atoms. The van der Waals surface area contributed by atoms with Gasteiger partial charge in [-0.1, -0.05) is 6.07 Å². The zero-order chi connectivity index (χ0) is 14.1. The number of carbonyl (C=O) groups is 1. The molecule has 1 aromatic rings. The van der Waals surface area contributed by atoms with Crippen LogP contribution in [0.4, 0.5) is 5.69 Å². The van der Waals surface area contributed by atoms with Crippen LogP contribution in [0.25, 0.3) is 0 Å². The average Bonchev–Trinajstić information content (AvgIpc) is 2.78. The van der Waals surface area contributed by atoms with Gasteiger partial charge in [0.05, 0.1) is 0 Å². The predicted molar refractivity (Wildman–Crippen MR) is 81.2 cm³/mol. The van der Waals surface area contributed by atoms with Gasteiger partial charge in [0, 0.05) is 43.5 Å². The summed E-state index contributed by atoms with van der Waals surface area (Å²) in [7, 11) is 3.98. The van der Waals surface area contributed by atoms with E-state index in [1.807, 2.05) is 43.3 Å². The largest absolute Gasteiger partial charge is 0.378 e. The lowest BCUT2D eigenvalue weighted by molar-refractivity contribution is 0.0924. The molecule has 2 N–H and O–H groups in total. The first-order valence-electron chi connectivity index (χ1n) is 7.46. The van der Waals surface area contributed by atoms with E-state index in [1.165, 1.54) is 12.8 Å². The molecule has 108 valence electrons. The van der Waals surface area contributed by atoms with Gasteiger partial charge in [-0.15, -0.1) is 0 Å². The molecule has 2 bridgehead atoms. The monoisotopic (exact) mass is 273 g/mol. The number of carbonyl (C=O) groups excluding carboxylic acids is 1. The number of hydrogen-bond donors (Lipinski definition) is 2. The van der Waals surface area contributed by atoms with Crippen LogP contribution >= 0.6 is 0 Å². The third-order valence-corrected chi connectivity index (χ3v) is 4.43. The van der Waals surface area contributed by atoms with Crippen molar-refractivity contribution < 1.29 is 4.79 Å². The summed E-state index contributed by atoms with van der Waals surface area (Å²) in [5, 5.41) is 6.80. The van der Waals surface area contributed by atoms with Crippen molar-refractivity contribution in [3.63, 3.8) is 0 Å². The number of hydrogen-bond acceptors (Lipinski definition) is 3. The van der Waals surface area contributed by atoms with Crippen LogP contribution in [0.15, 0.2) is 24.3 Å². The van der Waals surface area contributed by atoms with Crippen LogP contribution in [-0.4, -0.2) is 38.1 Å². The molecular weight excluding hydrogens is 250 g/mol. The summed E-state index contributed by atoms with van der Waals surface area (Å²) in [6.45, 7) is 0. The zero-order valence-electron chi connectivity index (χ0n) is 12.2. The van der Waals surface area contributed by atoms with Gasteiger partial charge in [0.2, 0.25) is 0 Å². The third-order valence-electron chi connectivity index (χ3n) is 4.43. The van der Waals surface area contributed by atoms with E-state index in [-0.39, 0.29) is 5.91 Å². The van der Waals surface area contributed by atoms with Crippen LogP contribution in [0.3, 0.4) is 0 Å². The molecule has 1 aromatic carbocycles. The molecule has 4 heteroatoms. The second-order valence-corrected chi connectivity index (χ2v) is 6.22. The number of piperidine rings is 1. The maximum atomic E-state index is 12.4. The van der Waals surface area contributed by atoms with Crippen LogP contribution in [0.5, 0.6) is 0 Å². The maximum Gasteiger partial charge on any atom is 0.251 e. The smallest absolute Gasteiger partial charge is 0.251 e. The second kappa shape index (κ2) is 5.44. The first-order chi connectivity index (χ1) is 9.61. The van der Waals surface area contributed by atoms with Gasteiger partial charge in [0.1, 0.15) is 0 Å². The van der Waals surface area contributed by atoms with Crippen molar-refractivity contribution in [3.05, 3.63) is 29.8 Å². The average molecular weight is 273 g/mol. The Morgan fingerprint density at radius 3 is 2.60 bits per heavy atom. The lowest BCUT2D eigenvalue weighted by Crippen LogP contribution is -2.48. The minimum Gasteiger partial charge on any atom is -0.378 e. The topological polar surface area (TPSA) is 44.4 Å². The summed E-state index contributed by atoms with van der Waals surface area (Å²) in [6, 6.07) is 9.32. The third kappa shape index (κ3) is 2.80. The molecule has 3 rings (SSSR count). The van der Waals surface area contributed by atoms with E-state index in [0.717, 1.165) is 24.1 Å². The molecule has 2 aliphatic rings. The summed E-state index contributed by atoms with van der Waals surface area (Å²) < 4.78 is 0. The fraction of sp³-hybridized carbons (Fsp3) is 0.562. The molecule has 2 heterocycles. The SMILES string of the molecule is CN(C)c1cccc(C(=O)NC2CC3CCC(C2)N3)c1. The second-order valence-electron chi connectivity index (χ2n) is 6.22. The summed E-state index contributed by atoms with van der Waals surface area (Å²) in [4.78, 5) is 14.4. The lowest BCUT2D eigenvalue weighted by atomic mass is 9.99. The van der Waals surface area contributed by atoms with Gasteiger partial charge in [-0.25, -0.2) is 0 Å². The first-order valence-corrected chi connectivity index (χ1v) is 7.46. The van der Waals surface area contributed by atoms with Crippen LogP contribution in [0, 0.1) is 0 Å². The van der Waals surface area contributed by atoms with E-state index in [9.17, 15) is 4.79 Å². The fourth-order valence-electron chi connectivity index (χ4n) is 3.37. The summed E-state index contributed by atoms with van der Waals surface area (Å²) in [5.74, 6) is 0.0556. The van der Waals surface area contributed by atoms with Crippen molar-refractivity contribution in [1.29, 1.82) is 0 Å². The highest BCUT2D eigenvalue weighted by Crippen LogP contribution is 2.27. The van der Waals surface area contributed by atoms with E-state index >= 15 is 0 Å². The Kier molecular flexibility index (Phi) is 3.66. The predicted octanol–water partition coefficient (Wildman–Crippen LogP) is 1.77. The molecule has 2 fully saturated rings. The van der Waals surface area contributed by atoms with E-state index in [2.05, 4.69) is 10.6 Å². The molecule has 0 saturated carbocycles. The number of anilines is 1. The normalized spacial score (nSPS) is 28.2. The number of benzene rings is 1. The lowest BCUT2D eigenvalue weighted by Gasteiger charge is -2.29. The Bertz CT molecular complexity index is 488. The number of nitrogens with zero attached hydrogens (tertiary/aromatic N) is 1. The minimum atomic E-state index is 0.0556. The molecule has 2 aliphatic heterocycles. The molecule has 4 nitrogen and oxygen atoms in total. The molecule has 1 amide bonds. The highest BCUT2D eigenvalue weighted by molar-refractivity contribution is 5.95. The van der Waals surface area contributed by atoms with Crippen LogP contribution < -0.4 is 15.5 Å². The van der Waals surface area contributed by atoms with Crippen LogP contribution in [0.2, 0.25) is 0 Å². The Morgan fingerprint density at radius 1 is 1.25 bits per heavy atom. The first kappa shape index (κ1) is 13.4. The Morgan fingerprint density at radius 2 is 1.95 bits per heavy atom. The van der Waals surface area contributed by atoms with Gasteiger partial charge in [-0.3, -0.25) is 4.79 Å². The molecule has 2 atom stereocenters. The van der Waals surface area contributed by atoms with E-state index in [0.29, 0.717) is 18.1 Å². The molecule has 0 spiro atoms. The van der Waals surface area contributed by atoms with E-state index in [4.69, 9.17) is 0 Å². The number of amides is 1. The quantitative estimate of drug-likeness (QED) is 0.882. The number of rotatable bonds is 3. The maximum absolute atomic E-state index is 12.4. The van der Waals surface area contributed by atoms with Gasteiger partial charge in [0.15, 0.2) is 0 Å². The van der Waals surface area contributed by atoms with E-state index < -0.39 is 0 Å². The van der Waals surface area contributed by atoms with E-state index in [1.54, 1.807) is 0 Å². The molecule has 0 aromatic heterocycles. The summed E-state index contributed by atoms with van der Waals surface area (Å²) in [5.41, 5.74) is 1.81. The fourth-order valence-corrected chi connectivity index (χ4v) is 3.37. The molecule has 0 aliphatic carbocycles. The van der Waals surface area contributed by atoms with Crippen molar-refractivity contribution in [3.8, 4) is 0 Å². The molecular formula is C16H23N3O. The molecule has 0 radical (unpaired) electrons. The van der Waals surface area contributed by atoms with Gasteiger partial charge in [0.25, 0.3) is 5.91 Å². The Balaban J connectivity index is 1.65. The van der Waals surface area contributed by atoms with Gasteiger partial charge in [-0.2, -0.15) is 0 Å². The number of nitrogens with one attached hydrogen (secondary N) is 2. The van der Waals surface area contributed by atoms with Gasteiger partial charge < -0.3 is 15.5 Å². The van der Waals surface area contributed by atoms with Crippen molar-refractivity contribution in [2.45, 2.75) is 43.8 Å². The van der Waals surface area contributed by atoms with Crippen molar-refractivity contribution >= 4 is 11.6 Å². The van der Waals surface area contributed by atoms with Crippen molar-refractivity contribution in [2.24, 2.45) is 0 Å². The Labute approximate surface area is 120 Å². The highest BCUT2D eigenvalue weighted by Gasteiger charge is 2.34. The van der Waals surface area contributed by atoms with Crippen molar-refractivity contribution in [2.75, 3.05) is 19.0 Å². The standard InChI is InChI=1S/C16H23N3O/c1-19(2)15-5-3-4-11(8-15)16(20)18-14-9-12-6-7-13(10-14)17-12/h3-5,8,12-14,17H,6-7,9-10H2,1-2H3,(H,18,20). The summed E-state index contributed by atoms with van der Waals surface area (Å²) in [6.07, 6.45) is 4.64. The number of fused-ring (bicyclic) bond motifs is 2. The highest BCUT2D eigenvalue weighted by atomic mass is 16.1. The van der Waals surface area contributed by atoms with Crippen molar-refractivity contribution in [1.82, 2.24) is 10.6 Å². The van der Waals surface area contributed by atoms with Gasteiger partial charge >= 0.3 is 0 Å². The Hall–Kier alpha value is -1.55. The minimum absolute atomic E-state index is 0.0556. The van der Waals surface area contributed by atoms with Gasteiger partial charge in [-0.05, 0) is 43.9 Å². The zero-order valence-corrected chi connectivity index (χ0v) is 12.2.